The molecule has 0 radical (unpaired) electrons. The zero-order valence-electron chi connectivity index (χ0n) is 9.83. The lowest BCUT2D eigenvalue weighted by Crippen LogP contribution is -2.25. The largest absolute Gasteiger partial charge is 0.318 e. The van der Waals surface area contributed by atoms with Crippen molar-refractivity contribution in [3.8, 4) is 0 Å². The zero-order chi connectivity index (χ0) is 10.2. The molecule has 0 amide bonds. The van der Waals surface area contributed by atoms with Gasteiger partial charge in [0.25, 0.3) is 0 Å². The number of rotatable bonds is 5. The van der Waals surface area contributed by atoms with Crippen LogP contribution in [0.15, 0.2) is 0 Å². The molecule has 0 aliphatic rings. The maximum Gasteiger partial charge on any atom is 0.00766 e. The average molecular weight is 176 g/mol. The summed E-state index contributed by atoms with van der Waals surface area (Å²) in [5.74, 6) is 0. The molecule has 0 atom stereocenters. The minimum absolute atomic E-state index is 1.07. The van der Waals surface area contributed by atoms with Crippen LogP contribution >= 0.6 is 0 Å². The quantitative estimate of drug-likeness (QED) is 0.628. The van der Waals surface area contributed by atoms with E-state index in [1.165, 1.54) is 6.42 Å². The first kappa shape index (κ1) is 17.9. The Hall–Kier alpha value is -0.0800. The molecular weight excluding hydrogens is 148 g/mol. The van der Waals surface area contributed by atoms with Gasteiger partial charge < -0.3 is 10.6 Å². The van der Waals surface area contributed by atoms with Crippen LogP contribution in [0.5, 0.6) is 0 Å². The topological polar surface area (TPSA) is 24.1 Å². The van der Waals surface area contributed by atoms with E-state index < -0.39 is 0 Å². The van der Waals surface area contributed by atoms with Crippen molar-refractivity contribution in [3.05, 3.63) is 0 Å². The minimum atomic E-state index is 1.07. The van der Waals surface area contributed by atoms with E-state index in [0.717, 1.165) is 19.6 Å². The molecule has 0 fully saturated rings. The van der Waals surface area contributed by atoms with Crippen molar-refractivity contribution in [2.24, 2.45) is 0 Å². The maximum absolute atomic E-state index is 3.27. The van der Waals surface area contributed by atoms with Gasteiger partial charge in [-0.25, -0.2) is 0 Å². The molecule has 2 N–H and O–H groups in total. The van der Waals surface area contributed by atoms with Gasteiger partial charge in [0, 0.05) is 13.1 Å². The first-order valence-corrected chi connectivity index (χ1v) is 5.27. The molecule has 0 unspecified atom stereocenters. The van der Waals surface area contributed by atoms with E-state index in [-0.39, 0.29) is 0 Å². The van der Waals surface area contributed by atoms with E-state index in [9.17, 15) is 0 Å². The van der Waals surface area contributed by atoms with Crippen LogP contribution in [-0.4, -0.2) is 26.7 Å². The first-order valence-electron chi connectivity index (χ1n) is 5.27. The Morgan fingerprint density at radius 3 is 1.67 bits per heavy atom. The van der Waals surface area contributed by atoms with Crippen molar-refractivity contribution >= 4 is 0 Å². The smallest absolute Gasteiger partial charge is 0.00766 e. The monoisotopic (exact) mass is 176 g/mol. The van der Waals surface area contributed by atoms with Crippen molar-refractivity contribution in [1.29, 1.82) is 0 Å². The fourth-order valence-electron chi connectivity index (χ4n) is 0.515. The SMILES string of the molecule is CC.CC.CCCNCCNC. The third-order valence-corrected chi connectivity index (χ3v) is 0.979. The molecule has 0 saturated carbocycles. The Morgan fingerprint density at radius 2 is 1.33 bits per heavy atom. The molecular formula is C10H28N2. The summed E-state index contributed by atoms with van der Waals surface area (Å²) in [5.41, 5.74) is 0. The van der Waals surface area contributed by atoms with Crippen LogP contribution in [0.2, 0.25) is 0 Å². The van der Waals surface area contributed by atoms with Crippen LogP contribution in [-0.2, 0) is 0 Å². The molecule has 0 saturated heterocycles. The van der Waals surface area contributed by atoms with Gasteiger partial charge in [0.15, 0.2) is 0 Å². The molecule has 0 aromatic carbocycles. The van der Waals surface area contributed by atoms with Crippen LogP contribution in [0, 0.1) is 0 Å². The Kier molecular flexibility index (Phi) is 45.6. The van der Waals surface area contributed by atoms with Crippen molar-refractivity contribution in [3.63, 3.8) is 0 Å². The van der Waals surface area contributed by atoms with E-state index in [1.807, 2.05) is 34.7 Å². The Morgan fingerprint density at radius 1 is 0.833 bits per heavy atom. The van der Waals surface area contributed by atoms with Crippen LogP contribution in [0.3, 0.4) is 0 Å². The van der Waals surface area contributed by atoms with E-state index in [0.29, 0.717) is 0 Å². The highest BCUT2D eigenvalue weighted by molar-refractivity contribution is 4.45. The molecule has 0 heterocycles. The zero-order valence-corrected chi connectivity index (χ0v) is 9.83. The van der Waals surface area contributed by atoms with Gasteiger partial charge in [0.05, 0.1) is 0 Å². The third-order valence-electron chi connectivity index (χ3n) is 0.979. The molecule has 0 rings (SSSR count). The summed E-state index contributed by atoms with van der Waals surface area (Å²) in [6.45, 7) is 13.5. The first-order chi connectivity index (χ1) is 5.91. The van der Waals surface area contributed by atoms with Gasteiger partial charge in [-0.05, 0) is 20.0 Å². The van der Waals surface area contributed by atoms with E-state index in [2.05, 4.69) is 17.6 Å². The minimum Gasteiger partial charge on any atom is -0.318 e. The molecule has 0 aliphatic heterocycles. The summed E-state index contributed by atoms with van der Waals surface area (Å²) in [6, 6.07) is 0. The second-order valence-corrected chi connectivity index (χ2v) is 1.85. The highest BCUT2D eigenvalue weighted by atomic mass is 14.9. The van der Waals surface area contributed by atoms with Crippen LogP contribution < -0.4 is 10.6 Å². The number of likely N-dealkylation sites (N-methyl/N-ethyl adjacent to an activating group) is 1. The molecule has 78 valence electrons. The molecule has 0 bridgehead atoms. The molecule has 2 heteroatoms. The van der Waals surface area contributed by atoms with Gasteiger partial charge >= 0.3 is 0 Å². The third kappa shape index (κ3) is 32.6. The summed E-state index contributed by atoms with van der Waals surface area (Å²) in [7, 11) is 1.97. The molecule has 2 nitrogen and oxygen atoms in total. The Labute approximate surface area is 79.1 Å². The van der Waals surface area contributed by atoms with Crippen molar-refractivity contribution in [1.82, 2.24) is 10.6 Å². The summed E-state index contributed by atoms with van der Waals surface area (Å²) in [5, 5.41) is 6.34. The lowest BCUT2D eigenvalue weighted by molar-refractivity contribution is 0.641. The fourth-order valence-corrected chi connectivity index (χ4v) is 0.515. The standard InChI is InChI=1S/C6H16N2.2C2H6/c1-3-4-8-6-5-7-2;2*1-2/h7-8H,3-6H2,1-2H3;2*1-2H3. The van der Waals surface area contributed by atoms with Crippen molar-refractivity contribution in [2.75, 3.05) is 26.7 Å². The number of hydrogen-bond acceptors (Lipinski definition) is 2. The van der Waals surface area contributed by atoms with Gasteiger partial charge in [-0.15, -0.1) is 0 Å². The molecule has 0 aromatic heterocycles. The van der Waals surface area contributed by atoms with Crippen LogP contribution in [0.25, 0.3) is 0 Å². The summed E-state index contributed by atoms with van der Waals surface area (Å²) in [6.07, 6.45) is 1.23. The Balaban J connectivity index is -0.000000175. The Bertz CT molecular complexity index is 32.8. The highest BCUT2D eigenvalue weighted by Gasteiger charge is 1.79. The second-order valence-electron chi connectivity index (χ2n) is 1.85. The summed E-state index contributed by atoms with van der Waals surface area (Å²) in [4.78, 5) is 0. The fraction of sp³-hybridized carbons (Fsp3) is 1.00. The highest BCUT2D eigenvalue weighted by Crippen LogP contribution is 1.66. The summed E-state index contributed by atoms with van der Waals surface area (Å²) < 4.78 is 0. The van der Waals surface area contributed by atoms with Crippen LogP contribution in [0.1, 0.15) is 41.0 Å². The maximum atomic E-state index is 3.27. The molecule has 12 heavy (non-hydrogen) atoms. The van der Waals surface area contributed by atoms with Crippen LogP contribution in [0.4, 0.5) is 0 Å². The van der Waals surface area contributed by atoms with Crippen molar-refractivity contribution in [2.45, 2.75) is 41.0 Å². The van der Waals surface area contributed by atoms with Gasteiger partial charge in [-0.1, -0.05) is 34.6 Å². The molecule has 0 spiro atoms. The van der Waals surface area contributed by atoms with Gasteiger partial charge in [0.2, 0.25) is 0 Å². The van der Waals surface area contributed by atoms with E-state index >= 15 is 0 Å². The molecule has 0 aromatic rings. The predicted octanol–water partition coefficient (Wildman–Crippen LogP) is 2.26. The summed E-state index contributed by atoms with van der Waals surface area (Å²) >= 11 is 0. The van der Waals surface area contributed by atoms with E-state index in [1.54, 1.807) is 0 Å². The van der Waals surface area contributed by atoms with Gasteiger partial charge in [-0.2, -0.15) is 0 Å². The molecule has 0 aliphatic carbocycles. The van der Waals surface area contributed by atoms with Gasteiger partial charge in [-0.3, -0.25) is 0 Å². The lowest BCUT2D eigenvalue weighted by Gasteiger charge is -1.99. The average Bonchev–Trinajstić information content (AvgIpc) is 2.19. The number of nitrogens with one attached hydrogen (secondary N) is 2. The second kappa shape index (κ2) is 30.7. The van der Waals surface area contributed by atoms with Gasteiger partial charge in [0.1, 0.15) is 0 Å². The lowest BCUT2D eigenvalue weighted by atomic mass is 10.5. The van der Waals surface area contributed by atoms with E-state index in [4.69, 9.17) is 0 Å². The number of hydrogen-bond donors (Lipinski definition) is 2. The normalized spacial score (nSPS) is 7.50. The van der Waals surface area contributed by atoms with Crippen molar-refractivity contribution < 1.29 is 0 Å². The predicted molar refractivity (Wildman–Crippen MR) is 59.8 cm³/mol.